The van der Waals surface area contributed by atoms with Crippen LogP contribution in [0.1, 0.15) is 64.3 Å². The molecule has 1 N–H and O–H groups in total. The molecule has 0 atom stereocenters. The Hall–Kier alpha value is -1.28. The van der Waals surface area contributed by atoms with E-state index in [1.165, 1.54) is 16.5 Å². The maximum absolute atomic E-state index is 6.07. The van der Waals surface area contributed by atoms with Crippen LogP contribution < -0.4 is 5.32 Å². The van der Waals surface area contributed by atoms with Crippen molar-refractivity contribution in [3.63, 3.8) is 0 Å². The lowest BCUT2D eigenvalue weighted by Crippen LogP contribution is -2.12. The number of fused-ring (bicyclic) bond motifs is 1. The van der Waals surface area contributed by atoms with Crippen molar-refractivity contribution >= 4 is 11.0 Å². The molecule has 0 aliphatic rings. The maximum atomic E-state index is 6.07. The molecule has 0 saturated heterocycles. The summed E-state index contributed by atoms with van der Waals surface area (Å²) in [6, 6.07) is 6.62. The van der Waals surface area contributed by atoms with Gasteiger partial charge in [-0.25, -0.2) is 0 Å². The molecule has 0 aliphatic heterocycles. The van der Waals surface area contributed by atoms with Crippen LogP contribution in [-0.4, -0.2) is 6.54 Å². The maximum Gasteiger partial charge on any atom is 0.134 e. The number of hydrogen-bond acceptors (Lipinski definition) is 2. The predicted octanol–water partition coefficient (Wildman–Crippen LogP) is 4.96. The van der Waals surface area contributed by atoms with E-state index in [4.69, 9.17) is 4.42 Å². The number of hydrogen-bond donors (Lipinski definition) is 1. The summed E-state index contributed by atoms with van der Waals surface area (Å²) in [6.45, 7) is 15.1. The molecule has 20 heavy (non-hydrogen) atoms. The van der Waals surface area contributed by atoms with E-state index in [1.807, 2.05) is 0 Å². The quantitative estimate of drug-likeness (QED) is 0.851. The second-order valence-corrected chi connectivity index (χ2v) is 6.83. The van der Waals surface area contributed by atoms with Crippen LogP contribution in [-0.2, 0) is 12.0 Å². The largest absolute Gasteiger partial charge is 0.459 e. The van der Waals surface area contributed by atoms with Gasteiger partial charge in [-0.05, 0) is 35.6 Å². The molecule has 2 nitrogen and oxygen atoms in total. The van der Waals surface area contributed by atoms with Crippen LogP contribution in [0.5, 0.6) is 0 Å². The van der Waals surface area contributed by atoms with Crippen molar-refractivity contribution in [3.05, 3.63) is 35.1 Å². The minimum absolute atomic E-state index is 0.168. The Bertz CT molecular complexity index is 587. The summed E-state index contributed by atoms with van der Waals surface area (Å²) in [7, 11) is 0. The van der Waals surface area contributed by atoms with Crippen LogP contribution in [0.15, 0.2) is 22.6 Å². The molecule has 0 fully saturated rings. The molecule has 1 aromatic carbocycles. The van der Waals surface area contributed by atoms with Gasteiger partial charge in [-0.2, -0.15) is 0 Å². The van der Waals surface area contributed by atoms with Crippen molar-refractivity contribution in [2.24, 2.45) is 0 Å². The second-order valence-electron chi connectivity index (χ2n) is 6.83. The van der Waals surface area contributed by atoms with E-state index in [2.05, 4.69) is 65.1 Å². The summed E-state index contributed by atoms with van der Waals surface area (Å²) < 4.78 is 6.07. The smallest absolute Gasteiger partial charge is 0.134 e. The van der Waals surface area contributed by atoms with Gasteiger partial charge in [-0.3, -0.25) is 0 Å². The normalized spacial score (nSPS) is 12.6. The van der Waals surface area contributed by atoms with E-state index in [1.54, 1.807) is 0 Å². The molecule has 0 aliphatic carbocycles. The average Bonchev–Trinajstić information content (AvgIpc) is 2.72. The van der Waals surface area contributed by atoms with Gasteiger partial charge in [-0.15, -0.1) is 0 Å². The monoisotopic (exact) mass is 273 g/mol. The van der Waals surface area contributed by atoms with E-state index in [9.17, 15) is 0 Å². The Kier molecular flexibility index (Phi) is 4.24. The van der Waals surface area contributed by atoms with Gasteiger partial charge in [0.1, 0.15) is 11.3 Å². The van der Waals surface area contributed by atoms with Crippen molar-refractivity contribution in [1.29, 1.82) is 0 Å². The van der Waals surface area contributed by atoms with Gasteiger partial charge in [0.15, 0.2) is 0 Å². The van der Waals surface area contributed by atoms with Crippen molar-refractivity contribution in [2.75, 3.05) is 6.54 Å². The van der Waals surface area contributed by atoms with Crippen molar-refractivity contribution in [1.82, 2.24) is 5.32 Å². The summed E-state index contributed by atoms with van der Waals surface area (Å²) in [6.07, 6.45) is 0. The first-order valence-corrected chi connectivity index (χ1v) is 7.61. The van der Waals surface area contributed by atoms with Gasteiger partial charge >= 0.3 is 0 Å². The first-order valence-electron chi connectivity index (χ1n) is 7.61. The van der Waals surface area contributed by atoms with Crippen LogP contribution in [0, 0.1) is 0 Å². The third-order valence-corrected chi connectivity index (χ3v) is 3.78. The van der Waals surface area contributed by atoms with Gasteiger partial charge in [0.05, 0.1) is 6.54 Å². The van der Waals surface area contributed by atoms with Gasteiger partial charge in [0.2, 0.25) is 0 Å². The zero-order valence-electron chi connectivity index (χ0n) is 13.6. The van der Waals surface area contributed by atoms with E-state index < -0.39 is 0 Å². The first kappa shape index (κ1) is 15.1. The van der Waals surface area contributed by atoms with E-state index in [-0.39, 0.29) is 5.41 Å². The molecule has 0 amide bonds. The molecule has 2 heteroatoms. The molecule has 0 bridgehead atoms. The molecule has 1 heterocycles. The molecule has 1 aromatic heterocycles. The summed E-state index contributed by atoms with van der Waals surface area (Å²) >= 11 is 0. The van der Waals surface area contributed by atoms with E-state index in [0.29, 0.717) is 5.92 Å². The van der Waals surface area contributed by atoms with Gasteiger partial charge in [-0.1, -0.05) is 47.6 Å². The molecule has 0 spiro atoms. The van der Waals surface area contributed by atoms with Crippen LogP contribution >= 0.6 is 0 Å². The highest BCUT2D eigenvalue weighted by atomic mass is 16.3. The third-order valence-electron chi connectivity index (χ3n) is 3.78. The zero-order valence-corrected chi connectivity index (χ0v) is 13.6. The molecule has 2 aromatic rings. The fraction of sp³-hybridized carbons (Fsp3) is 0.556. The lowest BCUT2D eigenvalue weighted by Gasteiger charge is -2.19. The highest BCUT2D eigenvalue weighted by molar-refractivity contribution is 5.84. The minimum Gasteiger partial charge on any atom is -0.459 e. The number of benzene rings is 1. The Labute approximate surface area is 122 Å². The van der Waals surface area contributed by atoms with Crippen molar-refractivity contribution in [2.45, 2.75) is 59.4 Å². The molecule has 0 unspecified atom stereocenters. The SMILES string of the molecule is CCNCc1oc2ccc(C(C)(C)C)cc2c1C(C)C. The van der Waals surface area contributed by atoms with Crippen LogP contribution in [0.3, 0.4) is 0 Å². The lowest BCUT2D eigenvalue weighted by atomic mass is 9.85. The van der Waals surface area contributed by atoms with Crippen LogP contribution in [0.4, 0.5) is 0 Å². The summed E-state index contributed by atoms with van der Waals surface area (Å²) in [4.78, 5) is 0. The van der Waals surface area contributed by atoms with Gasteiger partial charge in [0, 0.05) is 10.9 Å². The highest BCUT2D eigenvalue weighted by Gasteiger charge is 2.20. The van der Waals surface area contributed by atoms with Crippen molar-refractivity contribution in [3.8, 4) is 0 Å². The van der Waals surface area contributed by atoms with E-state index >= 15 is 0 Å². The Morgan fingerprint density at radius 1 is 1.20 bits per heavy atom. The van der Waals surface area contributed by atoms with Crippen LogP contribution in [0.25, 0.3) is 11.0 Å². The standard InChI is InChI=1S/C18H27NO/c1-7-19-11-16-17(12(2)3)14-10-13(18(4,5)6)8-9-15(14)20-16/h8-10,12,19H,7,11H2,1-6H3. The van der Waals surface area contributed by atoms with Gasteiger partial charge < -0.3 is 9.73 Å². The van der Waals surface area contributed by atoms with Gasteiger partial charge in [0.25, 0.3) is 0 Å². The van der Waals surface area contributed by atoms with E-state index in [0.717, 1.165) is 24.4 Å². The Morgan fingerprint density at radius 2 is 1.90 bits per heavy atom. The van der Waals surface area contributed by atoms with Crippen molar-refractivity contribution < 1.29 is 4.42 Å². The molecule has 2 rings (SSSR count). The number of nitrogens with one attached hydrogen (secondary N) is 1. The number of furan rings is 1. The predicted molar refractivity (Wildman–Crippen MR) is 86.4 cm³/mol. The molecule has 0 saturated carbocycles. The summed E-state index contributed by atoms with van der Waals surface area (Å²) in [5.74, 6) is 1.56. The fourth-order valence-electron chi connectivity index (χ4n) is 2.64. The summed E-state index contributed by atoms with van der Waals surface area (Å²) in [5.41, 5.74) is 3.89. The third kappa shape index (κ3) is 2.90. The molecular weight excluding hydrogens is 246 g/mol. The molecule has 110 valence electrons. The average molecular weight is 273 g/mol. The Morgan fingerprint density at radius 3 is 2.45 bits per heavy atom. The molecule has 0 radical (unpaired) electrons. The first-order chi connectivity index (χ1) is 9.34. The highest BCUT2D eigenvalue weighted by Crippen LogP contribution is 2.35. The lowest BCUT2D eigenvalue weighted by molar-refractivity contribution is 0.510. The van der Waals surface area contributed by atoms with Crippen LogP contribution in [0.2, 0.25) is 0 Å². The second kappa shape index (κ2) is 5.61. The fourth-order valence-corrected chi connectivity index (χ4v) is 2.64. The number of rotatable bonds is 4. The summed E-state index contributed by atoms with van der Waals surface area (Å²) in [5, 5.41) is 4.65. The Balaban J connectivity index is 2.58. The zero-order chi connectivity index (χ0) is 14.9. The molecular formula is C18H27NO. The topological polar surface area (TPSA) is 25.2 Å². The minimum atomic E-state index is 0.168.